The van der Waals surface area contributed by atoms with Crippen LogP contribution >= 0.6 is 0 Å². The van der Waals surface area contributed by atoms with Crippen LogP contribution in [0, 0.1) is 5.92 Å². The fourth-order valence-corrected chi connectivity index (χ4v) is 2.26. The molecule has 0 spiro atoms. The third kappa shape index (κ3) is 3.15. The van der Waals surface area contributed by atoms with Crippen LogP contribution in [0.15, 0.2) is 18.2 Å². The van der Waals surface area contributed by atoms with Crippen molar-refractivity contribution in [3.63, 3.8) is 0 Å². The van der Waals surface area contributed by atoms with Crippen LogP contribution < -0.4 is 10.1 Å². The van der Waals surface area contributed by atoms with Crippen molar-refractivity contribution in [2.24, 2.45) is 5.92 Å². The number of hydrogen-bond donors (Lipinski definition) is 3. The van der Waals surface area contributed by atoms with Gasteiger partial charge >= 0.3 is 0 Å². The summed E-state index contributed by atoms with van der Waals surface area (Å²) in [6.45, 7) is 3.95. The number of aliphatic hydroxyl groups is 1. The number of phenols is 1. The molecule has 0 heterocycles. The zero-order valence-corrected chi connectivity index (χ0v) is 10.7. The van der Waals surface area contributed by atoms with E-state index >= 15 is 0 Å². The fourth-order valence-electron chi connectivity index (χ4n) is 2.26. The summed E-state index contributed by atoms with van der Waals surface area (Å²) in [6.07, 6.45) is 1.67. The van der Waals surface area contributed by atoms with Crippen molar-refractivity contribution in [2.75, 3.05) is 13.2 Å². The summed E-state index contributed by atoms with van der Waals surface area (Å²) in [6, 6.07) is 5.54. The topological polar surface area (TPSA) is 61.7 Å². The molecule has 0 atom stereocenters. The maximum absolute atomic E-state index is 9.99. The van der Waals surface area contributed by atoms with Gasteiger partial charge in [-0.1, -0.05) is 12.1 Å². The molecule has 4 nitrogen and oxygen atoms in total. The first kappa shape index (κ1) is 13.2. The van der Waals surface area contributed by atoms with Crippen molar-refractivity contribution in [1.82, 2.24) is 5.32 Å². The minimum Gasteiger partial charge on any atom is -0.504 e. The van der Waals surface area contributed by atoms with Crippen molar-refractivity contribution < 1.29 is 14.9 Å². The molecule has 0 aliphatic heterocycles. The molecule has 1 saturated carbocycles. The Bertz CT molecular complexity index is 389. The molecule has 18 heavy (non-hydrogen) atoms. The largest absolute Gasteiger partial charge is 0.504 e. The molecule has 0 aromatic heterocycles. The van der Waals surface area contributed by atoms with Gasteiger partial charge in [0, 0.05) is 12.1 Å². The van der Waals surface area contributed by atoms with E-state index in [4.69, 9.17) is 4.74 Å². The van der Waals surface area contributed by atoms with E-state index in [0.29, 0.717) is 24.8 Å². The molecule has 0 radical (unpaired) electrons. The molecule has 1 fully saturated rings. The molecule has 0 saturated heterocycles. The van der Waals surface area contributed by atoms with E-state index in [1.54, 1.807) is 6.07 Å². The maximum atomic E-state index is 9.99. The molecular formula is C14H21NO3. The number of benzene rings is 1. The molecule has 1 aliphatic rings. The van der Waals surface area contributed by atoms with Crippen LogP contribution in [-0.4, -0.2) is 29.5 Å². The normalized spacial score (nSPS) is 22.6. The zero-order chi connectivity index (χ0) is 13.0. The van der Waals surface area contributed by atoms with Crippen molar-refractivity contribution in [3.8, 4) is 11.5 Å². The molecule has 3 N–H and O–H groups in total. The zero-order valence-electron chi connectivity index (χ0n) is 10.7. The Morgan fingerprint density at radius 3 is 2.83 bits per heavy atom. The second-order valence-corrected chi connectivity index (χ2v) is 4.82. The summed E-state index contributed by atoms with van der Waals surface area (Å²) in [5.41, 5.74) is 0.848. The van der Waals surface area contributed by atoms with Crippen molar-refractivity contribution in [2.45, 2.75) is 32.4 Å². The first-order valence-electron chi connectivity index (χ1n) is 6.53. The first-order valence-corrected chi connectivity index (χ1v) is 6.53. The van der Waals surface area contributed by atoms with Gasteiger partial charge in [0.2, 0.25) is 0 Å². The SMILES string of the molecule is CCOc1cccc(CNCC2CC(O)C2)c1O. The quantitative estimate of drug-likeness (QED) is 0.719. The van der Waals surface area contributed by atoms with Gasteiger partial charge in [0.05, 0.1) is 12.7 Å². The molecule has 0 bridgehead atoms. The standard InChI is InChI=1S/C14H21NO3/c1-2-18-13-5-3-4-11(14(13)17)9-15-8-10-6-12(16)7-10/h3-5,10,12,15-17H,2,6-9H2,1H3. The lowest BCUT2D eigenvalue weighted by atomic mass is 9.82. The van der Waals surface area contributed by atoms with Gasteiger partial charge < -0.3 is 20.3 Å². The predicted molar refractivity (Wildman–Crippen MR) is 69.7 cm³/mol. The third-order valence-electron chi connectivity index (χ3n) is 3.34. The molecule has 0 unspecified atom stereocenters. The lowest BCUT2D eigenvalue weighted by Gasteiger charge is -2.31. The Kier molecular flexibility index (Phi) is 4.44. The van der Waals surface area contributed by atoms with Gasteiger partial charge in [-0.15, -0.1) is 0 Å². The molecule has 100 valence electrons. The first-order chi connectivity index (χ1) is 8.70. The molecule has 0 amide bonds. The van der Waals surface area contributed by atoms with Gasteiger partial charge in [0.15, 0.2) is 11.5 Å². The van der Waals surface area contributed by atoms with Gasteiger partial charge in [-0.05, 0) is 38.3 Å². The Morgan fingerprint density at radius 1 is 1.39 bits per heavy atom. The molecule has 1 aromatic carbocycles. The number of nitrogens with one attached hydrogen (secondary N) is 1. The Labute approximate surface area is 108 Å². The van der Waals surface area contributed by atoms with E-state index < -0.39 is 0 Å². The minimum absolute atomic E-state index is 0.105. The van der Waals surface area contributed by atoms with E-state index in [9.17, 15) is 10.2 Å². The fraction of sp³-hybridized carbons (Fsp3) is 0.571. The predicted octanol–water partition coefficient (Wildman–Crippen LogP) is 1.65. The average Bonchev–Trinajstić information content (AvgIpc) is 2.31. The van der Waals surface area contributed by atoms with Gasteiger partial charge in [-0.3, -0.25) is 0 Å². The Hall–Kier alpha value is -1.26. The van der Waals surface area contributed by atoms with Gasteiger partial charge in [0.1, 0.15) is 0 Å². The van der Waals surface area contributed by atoms with E-state index in [-0.39, 0.29) is 11.9 Å². The third-order valence-corrected chi connectivity index (χ3v) is 3.34. The number of rotatable bonds is 6. The minimum atomic E-state index is -0.105. The average molecular weight is 251 g/mol. The molecular weight excluding hydrogens is 230 g/mol. The number of hydrogen-bond acceptors (Lipinski definition) is 4. The Morgan fingerprint density at radius 2 is 2.17 bits per heavy atom. The van der Waals surface area contributed by atoms with Gasteiger partial charge in [-0.2, -0.15) is 0 Å². The summed E-state index contributed by atoms with van der Waals surface area (Å²) >= 11 is 0. The highest BCUT2D eigenvalue weighted by Crippen LogP contribution is 2.30. The summed E-state index contributed by atoms with van der Waals surface area (Å²) in [5, 5.41) is 22.5. The summed E-state index contributed by atoms with van der Waals surface area (Å²) < 4.78 is 5.34. The van der Waals surface area contributed by atoms with Crippen LogP contribution in [0.2, 0.25) is 0 Å². The van der Waals surface area contributed by atoms with Crippen LogP contribution in [0.4, 0.5) is 0 Å². The summed E-state index contributed by atoms with van der Waals surface area (Å²) in [5.74, 6) is 1.33. The second-order valence-electron chi connectivity index (χ2n) is 4.82. The number of para-hydroxylation sites is 1. The number of aromatic hydroxyl groups is 1. The maximum Gasteiger partial charge on any atom is 0.162 e. The number of phenolic OH excluding ortho intramolecular Hbond substituents is 1. The van der Waals surface area contributed by atoms with E-state index in [2.05, 4.69) is 5.32 Å². The molecule has 2 rings (SSSR count). The van der Waals surface area contributed by atoms with E-state index in [1.807, 2.05) is 19.1 Å². The molecule has 1 aliphatic carbocycles. The second kappa shape index (κ2) is 6.07. The number of aliphatic hydroxyl groups excluding tert-OH is 1. The van der Waals surface area contributed by atoms with Gasteiger partial charge in [-0.25, -0.2) is 0 Å². The Balaban J connectivity index is 1.83. The van der Waals surface area contributed by atoms with Crippen molar-refractivity contribution in [3.05, 3.63) is 23.8 Å². The van der Waals surface area contributed by atoms with Crippen LogP contribution in [0.25, 0.3) is 0 Å². The lowest BCUT2D eigenvalue weighted by Crippen LogP contribution is -2.35. The van der Waals surface area contributed by atoms with Crippen LogP contribution in [0.1, 0.15) is 25.3 Å². The smallest absolute Gasteiger partial charge is 0.162 e. The van der Waals surface area contributed by atoms with Crippen LogP contribution in [0.5, 0.6) is 11.5 Å². The van der Waals surface area contributed by atoms with Gasteiger partial charge in [0.25, 0.3) is 0 Å². The molecule has 1 aromatic rings. The van der Waals surface area contributed by atoms with Crippen LogP contribution in [0.3, 0.4) is 0 Å². The lowest BCUT2D eigenvalue weighted by molar-refractivity contribution is 0.0429. The number of ether oxygens (including phenoxy) is 1. The highest BCUT2D eigenvalue weighted by Gasteiger charge is 2.26. The summed E-state index contributed by atoms with van der Waals surface area (Å²) in [7, 11) is 0. The monoisotopic (exact) mass is 251 g/mol. The van der Waals surface area contributed by atoms with Crippen LogP contribution in [-0.2, 0) is 6.54 Å². The highest BCUT2D eigenvalue weighted by atomic mass is 16.5. The van der Waals surface area contributed by atoms with E-state index in [0.717, 1.165) is 24.9 Å². The molecule has 4 heteroatoms. The summed E-state index contributed by atoms with van der Waals surface area (Å²) in [4.78, 5) is 0. The highest BCUT2D eigenvalue weighted by molar-refractivity contribution is 5.45. The van der Waals surface area contributed by atoms with E-state index in [1.165, 1.54) is 0 Å². The van der Waals surface area contributed by atoms with Crippen molar-refractivity contribution >= 4 is 0 Å². The van der Waals surface area contributed by atoms with Crippen molar-refractivity contribution in [1.29, 1.82) is 0 Å².